The number of amides is 2. The maximum Gasteiger partial charge on any atom is 0.262 e. The van der Waals surface area contributed by atoms with Crippen LogP contribution in [-0.4, -0.2) is 32.6 Å². The van der Waals surface area contributed by atoms with Crippen molar-refractivity contribution in [1.29, 1.82) is 0 Å². The summed E-state index contributed by atoms with van der Waals surface area (Å²) in [4.78, 5) is 23.7. The highest BCUT2D eigenvalue weighted by atomic mass is 32.2. The lowest BCUT2D eigenvalue weighted by molar-refractivity contribution is -0.121. The van der Waals surface area contributed by atoms with Gasteiger partial charge < -0.3 is 15.4 Å². The number of hydrogen-bond donors (Lipinski definition) is 2. The smallest absolute Gasteiger partial charge is 0.262 e. The molecule has 2 aromatic carbocycles. The Balaban J connectivity index is 1.67. The monoisotopic (exact) mass is 402 g/mol. The van der Waals surface area contributed by atoms with Gasteiger partial charge in [-0.2, -0.15) is 0 Å². The van der Waals surface area contributed by atoms with Gasteiger partial charge in [-0.1, -0.05) is 30.3 Å². The van der Waals surface area contributed by atoms with Crippen LogP contribution in [0.25, 0.3) is 0 Å². The van der Waals surface area contributed by atoms with Crippen molar-refractivity contribution in [2.45, 2.75) is 31.2 Å². The molecular formula is C20H22N2O5S. The second-order valence-corrected chi connectivity index (χ2v) is 8.80. The lowest BCUT2D eigenvalue weighted by Crippen LogP contribution is -2.28. The van der Waals surface area contributed by atoms with E-state index in [2.05, 4.69) is 10.6 Å². The van der Waals surface area contributed by atoms with Crippen molar-refractivity contribution in [2.24, 2.45) is 0 Å². The molecule has 0 radical (unpaired) electrons. The van der Waals surface area contributed by atoms with Crippen molar-refractivity contribution in [3.63, 3.8) is 0 Å². The largest absolute Gasteiger partial charge is 0.482 e. The number of sulfone groups is 1. The third-order valence-corrected chi connectivity index (χ3v) is 6.37. The lowest BCUT2D eigenvalue weighted by Gasteiger charge is -2.20. The predicted octanol–water partition coefficient (Wildman–Crippen LogP) is 2.37. The molecule has 0 saturated carbocycles. The van der Waals surface area contributed by atoms with Crippen LogP contribution in [0.15, 0.2) is 47.4 Å². The van der Waals surface area contributed by atoms with E-state index in [0.29, 0.717) is 17.0 Å². The van der Waals surface area contributed by atoms with Crippen molar-refractivity contribution in [1.82, 2.24) is 5.32 Å². The molecule has 7 nitrogen and oxygen atoms in total. The maximum absolute atomic E-state index is 12.7. The highest BCUT2D eigenvalue weighted by molar-refractivity contribution is 7.91. The van der Waals surface area contributed by atoms with Crippen molar-refractivity contribution in [2.75, 3.05) is 17.7 Å². The molecule has 0 aromatic heterocycles. The number of nitrogens with one attached hydrogen (secondary N) is 2. The van der Waals surface area contributed by atoms with Crippen LogP contribution < -0.4 is 15.4 Å². The van der Waals surface area contributed by atoms with E-state index >= 15 is 0 Å². The van der Waals surface area contributed by atoms with Gasteiger partial charge in [0.2, 0.25) is 5.91 Å². The summed E-state index contributed by atoms with van der Waals surface area (Å²) in [5.41, 5.74) is 1.88. The molecule has 2 N–H and O–H groups in total. The predicted molar refractivity (Wildman–Crippen MR) is 105 cm³/mol. The number of anilines is 1. The second-order valence-electron chi connectivity index (χ2n) is 6.72. The van der Waals surface area contributed by atoms with Gasteiger partial charge in [-0.05, 0) is 31.0 Å². The van der Waals surface area contributed by atoms with Crippen LogP contribution in [-0.2, 0) is 19.4 Å². The number of benzene rings is 2. The zero-order valence-corrected chi connectivity index (χ0v) is 16.5. The number of rotatable bonds is 6. The van der Waals surface area contributed by atoms with Gasteiger partial charge in [0, 0.05) is 12.5 Å². The van der Waals surface area contributed by atoms with Crippen LogP contribution in [0.4, 0.5) is 5.69 Å². The zero-order chi connectivity index (χ0) is 20.3. The molecule has 1 aliphatic heterocycles. The maximum atomic E-state index is 12.7. The third kappa shape index (κ3) is 4.51. The van der Waals surface area contributed by atoms with E-state index in [0.717, 1.165) is 5.56 Å². The van der Waals surface area contributed by atoms with Crippen LogP contribution in [0.3, 0.4) is 0 Å². The molecular weight excluding hydrogens is 380 g/mol. The fraction of sp³-hybridized carbons (Fsp3) is 0.300. The molecule has 0 saturated heterocycles. The van der Waals surface area contributed by atoms with Crippen LogP contribution in [0.2, 0.25) is 0 Å². The molecule has 1 atom stereocenters. The summed E-state index contributed by atoms with van der Waals surface area (Å²) >= 11 is 0. The van der Waals surface area contributed by atoms with E-state index in [1.54, 1.807) is 13.0 Å². The van der Waals surface area contributed by atoms with Crippen LogP contribution in [0.1, 0.15) is 30.5 Å². The molecule has 2 aromatic rings. The Morgan fingerprint density at radius 3 is 2.68 bits per heavy atom. The zero-order valence-electron chi connectivity index (χ0n) is 15.7. The first-order chi connectivity index (χ1) is 13.3. The van der Waals surface area contributed by atoms with Crippen molar-refractivity contribution in [3.05, 3.63) is 53.6 Å². The van der Waals surface area contributed by atoms with Gasteiger partial charge in [-0.15, -0.1) is 0 Å². The molecule has 28 heavy (non-hydrogen) atoms. The number of fused-ring (bicyclic) bond motifs is 1. The molecule has 8 heteroatoms. The summed E-state index contributed by atoms with van der Waals surface area (Å²) in [6.07, 6.45) is -0.145. The van der Waals surface area contributed by atoms with E-state index in [-0.39, 0.29) is 41.5 Å². The Kier molecular flexibility index (Phi) is 5.69. The minimum Gasteiger partial charge on any atom is -0.482 e. The Bertz CT molecular complexity index is 1000. The van der Waals surface area contributed by atoms with E-state index in [4.69, 9.17) is 4.74 Å². The van der Waals surface area contributed by atoms with Crippen LogP contribution in [0.5, 0.6) is 5.75 Å². The Morgan fingerprint density at radius 2 is 1.96 bits per heavy atom. The van der Waals surface area contributed by atoms with E-state index in [1.807, 2.05) is 37.3 Å². The first-order valence-corrected chi connectivity index (χ1v) is 10.6. The average Bonchev–Trinajstić information content (AvgIpc) is 2.66. The van der Waals surface area contributed by atoms with E-state index in [1.165, 1.54) is 6.07 Å². The summed E-state index contributed by atoms with van der Waals surface area (Å²) in [6, 6.07) is 12.2. The van der Waals surface area contributed by atoms with E-state index in [9.17, 15) is 18.0 Å². The lowest BCUT2D eigenvalue weighted by atomic mass is 10.1. The van der Waals surface area contributed by atoms with Gasteiger partial charge in [0.1, 0.15) is 5.75 Å². The van der Waals surface area contributed by atoms with Gasteiger partial charge in [0.15, 0.2) is 16.4 Å². The molecule has 148 valence electrons. The standard InChI is InChI=1S/C20H22N2O5S/c1-13-10-16-17(27-12-20(24)22-16)11-18(13)28(25,26)9-8-19(23)21-14(2)15-6-4-3-5-7-15/h3-7,10-11,14H,8-9,12H2,1-2H3,(H,21,23)(H,22,24)/t14-/m1/s1. The van der Waals surface area contributed by atoms with Gasteiger partial charge >= 0.3 is 0 Å². The average molecular weight is 402 g/mol. The molecule has 3 rings (SSSR count). The fourth-order valence-corrected chi connectivity index (χ4v) is 4.54. The molecule has 0 aliphatic carbocycles. The minimum absolute atomic E-state index is 0.103. The van der Waals surface area contributed by atoms with E-state index < -0.39 is 9.84 Å². The Morgan fingerprint density at radius 1 is 1.25 bits per heavy atom. The summed E-state index contributed by atoms with van der Waals surface area (Å²) < 4.78 is 30.8. The number of ether oxygens (including phenoxy) is 1. The number of aryl methyl sites for hydroxylation is 1. The Labute approximate surface area is 164 Å². The third-order valence-electron chi connectivity index (χ3n) is 4.52. The number of hydrogen-bond acceptors (Lipinski definition) is 5. The summed E-state index contributed by atoms with van der Waals surface area (Å²) in [5.74, 6) is -0.622. The summed E-state index contributed by atoms with van der Waals surface area (Å²) in [7, 11) is -3.69. The Hall–Kier alpha value is -2.87. The van der Waals surface area contributed by atoms with Gasteiger partial charge in [-0.3, -0.25) is 9.59 Å². The van der Waals surface area contributed by atoms with Crippen LogP contribution >= 0.6 is 0 Å². The highest BCUT2D eigenvalue weighted by Crippen LogP contribution is 2.33. The molecule has 0 fully saturated rings. The van der Waals surface area contributed by atoms with Gasteiger partial charge in [0.25, 0.3) is 5.91 Å². The first kappa shape index (κ1) is 19.9. The number of carbonyl (C=O) groups excluding carboxylic acids is 2. The minimum atomic E-state index is -3.69. The quantitative estimate of drug-likeness (QED) is 0.772. The first-order valence-electron chi connectivity index (χ1n) is 8.90. The fourth-order valence-electron chi connectivity index (χ4n) is 3.03. The van der Waals surface area contributed by atoms with Crippen molar-refractivity contribution < 1.29 is 22.7 Å². The van der Waals surface area contributed by atoms with Gasteiger partial charge in [0.05, 0.1) is 22.4 Å². The topological polar surface area (TPSA) is 102 Å². The summed E-state index contributed by atoms with van der Waals surface area (Å²) in [6.45, 7) is 3.34. The molecule has 2 amide bonds. The normalized spacial score (nSPS) is 14.4. The molecule has 1 aliphatic rings. The van der Waals surface area contributed by atoms with Crippen LogP contribution in [0, 0.1) is 6.92 Å². The SMILES string of the molecule is Cc1cc2c(cc1S(=O)(=O)CCC(=O)N[C@H](C)c1ccccc1)OCC(=O)N2. The molecule has 0 unspecified atom stereocenters. The molecule has 0 spiro atoms. The highest BCUT2D eigenvalue weighted by Gasteiger charge is 2.24. The van der Waals surface area contributed by atoms with Crippen molar-refractivity contribution in [3.8, 4) is 5.75 Å². The van der Waals surface area contributed by atoms with Crippen molar-refractivity contribution >= 4 is 27.3 Å². The molecule has 0 bridgehead atoms. The second kappa shape index (κ2) is 8.02. The van der Waals surface area contributed by atoms with Gasteiger partial charge in [-0.25, -0.2) is 8.42 Å². The number of carbonyl (C=O) groups is 2. The molecule has 1 heterocycles. The summed E-state index contributed by atoms with van der Waals surface area (Å²) in [5, 5.41) is 5.46.